The molecule has 1 heterocycles. The van der Waals surface area contributed by atoms with Crippen LogP contribution in [-0.2, 0) is 0 Å². The van der Waals surface area contributed by atoms with Crippen molar-refractivity contribution in [3.63, 3.8) is 0 Å². The molecular formula is C10H9FN6O. The van der Waals surface area contributed by atoms with Crippen LogP contribution >= 0.6 is 0 Å². The predicted octanol–water partition coefficient (Wildman–Crippen LogP) is 0.549. The van der Waals surface area contributed by atoms with Gasteiger partial charge in [0.25, 0.3) is 5.91 Å². The molecule has 4 N–H and O–H groups in total. The number of halogens is 1. The number of aromatic nitrogens is 3. The zero-order valence-corrected chi connectivity index (χ0v) is 9.09. The van der Waals surface area contributed by atoms with Gasteiger partial charge in [0.1, 0.15) is 5.82 Å². The van der Waals surface area contributed by atoms with Crippen molar-refractivity contribution < 1.29 is 9.18 Å². The number of hydrogen-bond acceptors (Lipinski definition) is 6. The van der Waals surface area contributed by atoms with Gasteiger partial charge in [-0.05, 0) is 12.1 Å². The van der Waals surface area contributed by atoms with E-state index in [1.807, 2.05) is 0 Å². The largest absolute Gasteiger partial charge is 0.321 e. The number of amides is 1. The van der Waals surface area contributed by atoms with E-state index in [0.29, 0.717) is 0 Å². The summed E-state index contributed by atoms with van der Waals surface area (Å²) in [6, 6.07) is 4.01. The number of anilines is 2. The Kier molecular flexibility index (Phi) is 3.39. The number of hydrogen-bond donors (Lipinski definition) is 3. The predicted molar refractivity (Wildman–Crippen MR) is 62.0 cm³/mol. The Bertz CT molecular complexity index is 562. The average Bonchev–Trinajstić information content (AvgIpc) is 2.39. The van der Waals surface area contributed by atoms with Crippen LogP contribution in [0.3, 0.4) is 0 Å². The van der Waals surface area contributed by atoms with E-state index in [9.17, 15) is 9.18 Å². The van der Waals surface area contributed by atoms with E-state index in [2.05, 4.69) is 25.9 Å². The number of nitrogens with one attached hydrogen (secondary N) is 2. The van der Waals surface area contributed by atoms with Crippen LogP contribution in [0.2, 0.25) is 0 Å². The minimum Gasteiger partial charge on any atom is -0.321 e. The quantitative estimate of drug-likeness (QED) is 0.541. The van der Waals surface area contributed by atoms with Crippen molar-refractivity contribution >= 4 is 17.5 Å². The minimum atomic E-state index is -0.628. The molecule has 0 saturated heterocycles. The lowest BCUT2D eigenvalue weighted by atomic mass is 10.1. The van der Waals surface area contributed by atoms with Crippen LogP contribution in [0.25, 0.3) is 0 Å². The summed E-state index contributed by atoms with van der Waals surface area (Å²) in [7, 11) is 0. The number of nitrogens with two attached hydrogens (primary N) is 1. The summed E-state index contributed by atoms with van der Waals surface area (Å²) < 4.78 is 13.4. The van der Waals surface area contributed by atoms with E-state index in [1.165, 1.54) is 30.6 Å². The lowest BCUT2D eigenvalue weighted by Crippen LogP contribution is -2.19. The van der Waals surface area contributed by atoms with E-state index in [1.54, 1.807) is 0 Å². The maximum Gasteiger partial charge on any atom is 0.260 e. The summed E-state index contributed by atoms with van der Waals surface area (Å²) in [5.41, 5.74) is 2.09. The van der Waals surface area contributed by atoms with E-state index >= 15 is 0 Å². The molecule has 1 aromatic heterocycles. The van der Waals surface area contributed by atoms with Crippen LogP contribution in [0.15, 0.2) is 30.6 Å². The lowest BCUT2D eigenvalue weighted by molar-refractivity contribution is 0.102. The number of hydrazine groups is 1. The summed E-state index contributed by atoms with van der Waals surface area (Å²) in [5, 5.41) is 9.51. The number of rotatable bonds is 3. The molecule has 0 bridgehead atoms. The summed E-state index contributed by atoms with van der Waals surface area (Å²) >= 11 is 0. The Morgan fingerprint density at radius 3 is 2.83 bits per heavy atom. The van der Waals surface area contributed by atoms with Crippen LogP contribution < -0.4 is 16.6 Å². The standard InChI is InChI=1S/C10H9FN6O/c11-7-3-1-2-6(8(7)16-12)9(18)15-10-13-4-5-14-17-10/h1-5,16H,12H2,(H,13,15,17,18). The van der Waals surface area contributed by atoms with Gasteiger partial charge in [-0.1, -0.05) is 6.07 Å². The van der Waals surface area contributed by atoms with Crippen LogP contribution in [0.1, 0.15) is 10.4 Å². The second kappa shape index (κ2) is 5.15. The Hall–Kier alpha value is -2.61. The molecule has 1 aromatic carbocycles. The molecule has 8 heteroatoms. The molecule has 2 aromatic rings. The molecule has 0 unspecified atom stereocenters. The summed E-state index contributed by atoms with van der Waals surface area (Å²) in [6.07, 6.45) is 2.74. The molecule has 0 radical (unpaired) electrons. The highest BCUT2D eigenvalue weighted by atomic mass is 19.1. The molecule has 92 valence electrons. The topological polar surface area (TPSA) is 106 Å². The number of carbonyl (C=O) groups is 1. The van der Waals surface area contributed by atoms with Crippen molar-refractivity contribution in [3.05, 3.63) is 42.0 Å². The SMILES string of the molecule is NNc1c(F)cccc1C(=O)Nc1nccnn1. The van der Waals surface area contributed by atoms with Crippen LogP contribution in [0.5, 0.6) is 0 Å². The van der Waals surface area contributed by atoms with Gasteiger partial charge in [0.05, 0.1) is 23.6 Å². The highest BCUT2D eigenvalue weighted by Crippen LogP contribution is 2.19. The van der Waals surface area contributed by atoms with Gasteiger partial charge in [-0.3, -0.25) is 16.0 Å². The van der Waals surface area contributed by atoms with Crippen molar-refractivity contribution in [3.8, 4) is 0 Å². The van der Waals surface area contributed by atoms with Gasteiger partial charge in [-0.2, -0.15) is 5.10 Å². The van der Waals surface area contributed by atoms with E-state index in [4.69, 9.17) is 5.84 Å². The van der Waals surface area contributed by atoms with Gasteiger partial charge in [0.2, 0.25) is 5.95 Å². The summed E-state index contributed by atoms with van der Waals surface area (Å²) in [5.74, 6) is 3.98. The molecule has 0 fully saturated rings. The average molecular weight is 248 g/mol. The second-order valence-electron chi connectivity index (χ2n) is 3.23. The monoisotopic (exact) mass is 248 g/mol. The van der Waals surface area contributed by atoms with Crippen LogP contribution in [-0.4, -0.2) is 21.1 Å². The third-order valence-corrected chi connectivity index (χ3v) is 2.11. The maximum atomic E-state index is 13.4. The first-order valence-corrected chi connectivity index (χ1v) is 4.92. The van der Waals surface area contributed by atoms with Crippen molar-refractivity contribution in [1.82, 2.24) is 15.2 Å². The van der Waals surface area contributed by atoms with Crippen molar-refractivity contribution in [1.29, 1.82) is 0 Å². The molecule has 7 nitrogen and oxygen atoms in total. The Labute approximate surface area is 101 Å². The van der Waals surface area contributed by atoms with Crippen molar-refractivity contribution in [2.24, 2.45) is 5.84 Å². The van der Waals surface area contributed by atoms with Crippen LogP contribution in [0.4, 0.5) is 16.0 Å². The summed E-state index contributed by atoms with van der Waals surface area (Å²) in [6.45, 7) is 0. The van der Waals surface area contributed by atoms with Gasteiger partial charge in [0, 0.05) is 0 Å². The highest BCUT2D eigenvalue weighted by molar-refractivity contribution is 6.07. The summed E-state index contributed by atoms with van der Waals surface area (Å²) in [4.78, 5) is 15.6. The fraction of sp³-hybridized carbons (Fsp3) is 0. The maximum absolute atomic E-state index is 13.4. The Morgan fingerprint density at radius 2 is 2.17 bits per heavy atom. The molecule has 0 aliphatic heterocycles. The first-order chi connectivity index (χ1) is 8.72. The number of carbonyl (C=O) groups excluding carboxylic acids is 1. The van der Waals surface area contributed by atoms with Gasteiger partial charge in [0.15, 0.2) is 0 Å². The normalized spacial score (nSPS) is 9.89. The van der Waals surface area contributed by atoms with Crippen LogP contribution in [0, 0.1) is 5.82 Å². The van der Waals surface area contributed by atoms with E-state index < -0.39 is 11.7 Å². The molecule has 0 aliphatic rings. The smallest absolute Gasteiger partial charge is 0.260 e. The van der Waals surface area contributed by atoms with Gasteiger partial charge in [-0.15, -0.1) is 5.10 Å². The molecule has 0 aliphatic carbocycles. The van der Waals surface area contributed by atoms with Crippen molar-refractivity contribution in [2.45, 2.75) is 0 Å². The fourth-order valence-electron chi connectivity index (χ4n) is 1.33. The molecule has 0 saturated carbocycles. The molecule has 0 atom stereocenters. The number of nitrogen functional groups attached to an aromatic ring is 1. The third kappa shape index (κ3) is 2.38. The van der Waals surface area contributed by atoms with Gasteiger partial charge in [-0.25, -0.2) is 9.37 Å². The fourth-order valence-corrected chi connectivity index (χ4v) is 1.33. The first kappa shape index (κ1) is 11.9. The number of nitrogens with zero attached hydrogens (tertiary/aromatic N) is 3. The second-order valence-corrected chi connectivity index (χ2v) is 3.23. The zero-order valence-electron chi connectivity index (χ0n) is 9.09. The van der Waals surface area contributed by atoms with E-state index in [0.717, 1.165) is 0 Å². The first-order valence-electron chi connectivity index (χ1n) is 4.92. The molecule has 1 amide bonds. The third-order valence-electron chi connectivity index (χ3n) is 2.11. The minimum absolute atomic E-state index is 0.0229. The lowest BCUT2D eigenvalue weighted by Gasteiger charge is -2.08. The van der Waals surface area contributed by atoms with Gasteiger partial charge < -0.3 is 5.43 Å². The highest BCUT2D eigenvalue weighted by Gasteiger charge is 2.15. The van der Waals surface area contributed by atoms with Crippen molar-refractivity contribution in [2.75, 3.05) is 10.7 Å². The number of benzene rings is 1. The molecular weight excluding hydrogens is 239 g/mol. The zero-order chi connectivity index (χ0) is 13.0. The molecule has 2 rings (SSSR count). The van der Waals surface area contributed by atoms with E-state index in [-0.39, 0.29) is 17.2 Å². The molecule has 0 spiro atoms. The Morgan fingerprint density at radius 1 is 1.33 bits per heavy atom. The van der Waals surface area contributed by atoms with Gasteiger partial charge >= 0.3 is 0 Å². The Balaban J connectivity index is 2.27. The number of para-hydroxylation sites is 1. The molecule has 18 heavy (non-hydrogen) atoms.